The summed E-state index contributed by atoms with van der Waals surface area (Å²) in [5.41, 5.74) is 0. The fraction of sp³-hybridized carbons (Fsp3) is 0.667. The molecule has 2 aliphatic rings. The lowest BCUT2D eigenvalue weighted by atomic mass is 10.1. The van der Waals surface area contributed by atoms with Gasteiger partial charge in [0, 0.05) is 6.20 Å². The number of β-lactam (4-membered cyclic amide) rings is 1. The van der Waals surface area contributed by atoms with Crippen molar-refractivity contribution < 1.29 is 14.7 Å². The highest BCUT2D eigenvalue weighted by molar-refractivity contribution is 8.01. The zero-order chi connectivity index (χ0) is 13.1. The van der Waals surface area contributed by atoms with Gasteiger partial charge in [0.15, 0.2) is 0 Å². The number of rotatable bonds is 6. The number of carboxylic acid groups (broad SMARTS) is 1. The first-order chi connectivity index (χ1) is 8.65. The van der Waals surface area contributed by atoms with Gasteiger partial charge in [0.05, 0.1) is 0 Å². The minimum atomic E-state index is -0.847. The molecule has 3 atom stereocenters. The molecule has 0 aliphatic carbocycles. The van der Waals surface area contributed by atoms with Gasteiger partial charge in [0.2, 0.25) is 5.91 Å². The first-order valence-corrected chi connectivity index (χ1v) is 7.21. The van der Waals surface area contributed by atoms with E-state index in [-0.39, 0.29) is 17.3 Å². The lowest BCUT2D eigenvalue weighted by molar-refractivity contribution is -0.142. The van der Waals surface area contributed by atoms with Gasteiger partial charge in [-0.2, -0.15) is 0 Å². The molecule has 1 amide bonds. The first-order valence-electron chi connectivity index (χ1n) is 6.27. The Morgan fingerprint density at radius 2 is 2.33 bits per heavy atom. The Kier molecular flexibility index (Phi) is 4.29. The van der Waals surface area contributed by atoms with Crippen LogP contribution in [0.25, 0.3) is 0 Å². The molecule has 2 N–H and O–H groups in total. The van der Waals surface area contributed by atoms with Gasteiger partial charge in [-0.3, -0.25) is 9.59 Å². The second-order valence-corrected chi connectivity index (χ2v) is 5.77. The molecule has 100 valence electrons. The Balaban J connectivity index is 1.86. The molecular formula is C12H18N2O3S. The highest BCUT2D eigenvalue weighted by Gasteiger charge is 2.49. The molecule has 1 saturated heterocycles. The maximum absolute atomic E-state index is 11.8. The predicted molar refractivity (Wildman–Crippen MR) is 70.1 cm³/mol. The number of hydrogen-bond donors (Lipinski definition) is 2. The summed E-state index contributed by atoms with van der Waals surface area (Å²) in [4.78, 5) is 24.3. The highest BCUT2D eigenvalue weighted by Crippen LogP contribution is 2.37. The average molecular weight is 270 g/mol. The zero-order valence-corrected chi connectivity index (χ0v) is 11.2. The van der Waals surface area contributed by atoms with Crippen molar-refractivity contribution in [1.29, 1.82) is 0 Å². The number of carboxylic acids is 1. The third-order valence-electron chi connectivity index (χ3n) is 3.18. The van der Waals surface area contributed by atoms with Crippen LogP contribution in [0.15, 0.2) is 12.3 Å². The smallest absolute Gasteiger partial charge is 0.320 e. The first kappa shape index (κ1) is 13.4. The van der Waals surface area contributed by atoms with Crippen LogP contribution >= 0.6 is 11.8 Å². The minimum Gasteiger partial charge on any atom is -0.480 e. The van der Waals surface area contributed by atoms with Crippen molar-refractivity contribution in [3.05, 3.63) is 12.3 Å². The van der Waals surface area contributed by atoms with Crippen molar-refractivity contribution in [2.75, 3.05) is 6.54 Å². The fourth-order valence-electron chi connectivity index (χ4n) is 2.12. The van der Waals surface area contributed by atoms with Crippen molar-refractivity contribution in [2.45, 2.75) is 42.9 Å². The van der Waals surface area contributed by atoms with Gasteiger partial charge in [-0.1, -0.05) is 19.8 Å². The van der Waals surface area contributed by atoms with Crippen molar-refractivity contribution >= 4 is 23.6 Å². The minimum absolute atomic E-state index is 0.0455. The number of carbonyl (C=O) groups is 2. The molecule has 0 aromatic heterocycles. The van der Waals surface area contributed by atoms with Crippen LogP contribution in [0.1, 0.15) is 26.2 Å². The van der Waals surface area contributed by atoms with E-state index < -0.39 is 11.2 Å². The van der Waals surface area contributed by atoms with Crippen LogP contribution in [0.5, 0.6) is 0 Å². The molecule has 5 nitrogen and oxygen atoms in total. The molecule has 2 aliphatic heterocycles. The summed E-state index contributed by atoms with van der Waals surface area (Å²) in [6.07, 6.45) is 6.51. The van der Waals surface area contributed by atoms with Gasteiger partial charge >= 0.3 is 5.97 Å². The Morgan fingerprint density at radius 3 is 3.00 bits per heavy atom. The van der Waals surface area contributed by atoms with E-state index >= 15 is 0 Å². The summed E-state index contributed by atoms with van der Waals surface area (Å²) >= 11 is 1.32. The number of nitrogens with one attached hydrogen (secondary N) is 1. The molecule has 0 aromatic rings. The van der Waals surface area contributed by atoms with Crippen LogP contribution in [-0.2, 0) is 9.59 Å². The van der Waals surface area contributed by atoms with Crippen molar-refractivity contribution in [1.82, 2.24) is 10.2 Å². The molecule has 0 bridgehead atoms. The molecule has 18 heavy (non-hydrogen) atoms. The van der Waals surface area contributed by atoms with E-state index in [0.717, 1.165) is 25.8 Å². The van der Waals surface area contributed by atoms with Gasteiger partial charge < -0.3 is 15.3 Å². The van der Waals surface area contributed by atoms with Gasteiger partial charge in [0.25, 0.3) is 0 Å². The quantitative estimate of drug-likeness (QED) is 0.557. The molecule has 0 radical (unpaired) electrons. The number of hydrogen-bond acceptors (Lipinski definition) is 4. The molecule has 2 heterocycles. The van der Waals surface area contributed by atoms with Crippen LogP contribution in [0.2, 0.25) is 0 Å². The maximum atomic E-state index is 11.8. The molecule has 0 spiro atoms. The van der Waals surface area contributed by atoms with Gasteiger partial charge in [-0.25, -0.2) is 0 Å². The summed E-state index contributed by atoms with van der Waals surface area (Å²) < 4.78 is 0. The fourth-order valence-corrected chi connectivity index (χ4v) is 3.37. The third kappa shape index (κ3) is 2.54. The number of aliphatic carboxylic acids is 1. The standard InChI is InChI=1S/C12H18N2O3S/c1-2-3-4-6-13-9-10(15)14-7-5-8(12(16)17)18-11(9)14/h5,7-9,11,13H,2-4,6H2,1H3,(H,16,17)/t8?,9?,11-/m1/s1. The van der Waals surface area contributed by atoms with E-state index in [9.17, 15) is 9.59 Å². The second kappa shape index (κ2) is 5.75. The largest absolute Gasteiger partial charge is 0.480 e. The summed E-state index contributed by atoms with van der Waals surface area (Å²) in [6, 6.07) is -0.223. The van der Waals surface area contributed by atoms with Crippen molar-refractivity contribution in [2.24, 2.45) is 0 Å². The molecule has 0 saturated carbocycles. The topological polar surface area (TPSA) is 69.6 Å². The Bertz CT molecular complexity index is 372. The summed E-state index contributed by atoms with van der Waals surface area (Å²) in [6.45, 7) is 2.95. The number of fused-ring (bicyclic) bond motifs is 1. The van der Waals surface area contributed by atoms with Crippen LogP contribution in [0, 0.1) is 0 Å². The Hall–Kier alpha value is -1.01. The monoisotopic (exact) mass is 270 g/mol. The summed E-state index contributed by atoms with van der Waals surface area (Å²) in [5.74, 6) is -0.802. The zero-order valence-electron chi connectivity index (χ0n) is 10.3. The van der Waals surface area contributed by atoms with Crippen molar-refractivity contribution in [3.8, 4) is 0 Å². The summed E-state index contributed by atoms with van der Waals surface area (Å²) in [5, 5.41) is 11.6. The van der Waals surface area contributed by atoms with Crippen LogP contribution < -0.4 is 5.32 Å². The molecule has 0 aromatic carbocycles. The van der Waals surface area contributed by atoms with E-state index in [4.69, 9.17) is 5.11 Å². The number of thioether (sulfide) groups is 1. The molecular weight excluding hydrogens is 252 g/mol. The Labute approximate surface area is 111 Å². The van der Waals surface area contributed by atoms with Crippen LogP contribution in [-0.4, -0.2) is 45.1 Å². The van der Waals surface area contributed by atoms with E-state index in [0.29, 0.717) is 0 Å². The van der Waals surface area contributed by atoms with Crippen molar-refractivity contribution in [3.63, 3.8) is 0 Å². The molecule has 6 heteroatoms. The van der Waals surface area contributed by atoms with Gasteiger partial charge in [-0.05, 0) is 19.0 Å². The summed E-state index contributed by atoms with van der Waals surface area (Å²) in [7, 11) is 0. The van der Waals surface area contributed by atoms with Gasteiger partial charge in [-0.15, -0.1) is 11.8 Å². The van der Waals surface area contributed by atoms with E-state index in [1.807, 2.05) is 0 Å². The van der Waals surface area contributed by atoms with E-state index in [2.05, 4.69) is 12.2 Å². The predicted octanol–water partition coefficient (Wildman–Crippen LogP) is 1.02. The highest BCUT2D eigenvalue weighted by atomic mass is 32.2. The number of amides is 1. The molecule has 2 unspecified atom stereocenters. The SMILES string of the molecule is CCCCCNC1C(=O)N2C=CC(C(=O)O)S[C@H]12. The number of unbranched alkanes of at least 4 members (excludes halogenated alkanes) is 2. The number of nitrogens with zero attached hydrogens (tertiary/aromatic N) is 1. The second-order valence-electron chi connectivity index (χ2n) is 4.51. The average Bonchev–Trinajstić information content (AvgIpc) is 2.37. The molecule has 2 rings (SSSR count). The lowest BCUT2D eigenvalue weighted by Crippen LogP contribution is -2.68. The van der Waals surface area contributed by atoms with Crippen LogP contribution in [0.3, 0.4) is 0 Å². The molecule has 1 fully saturated rings. The third-order valence-corrected chi connectivity index (χ3v) is 4.61. The Morgan fingerprint density at radius 1 is 1.56 bits per heavy atom. The number of carbonyl (C=O) groups excluding carboxylic acids is 1. The van der Waals surface area contributed by atoms with Gasteiger partial charge in [0.1, 0.15) is 16.7 Å². The lowest BCUT2D eigenvalue weighted by Gasteiger charge is -2.47. The van der Waals surface area contributed by atoms with E-state index in [1.165, 1.54) is 11.8 Å². The maximum Gasteiger partial charge on any atom is 0.320 e. The van der Waals surface area contributed by atoms with E-state index in [1.54, 1.807) is 17.2 Å². The normalized spacial score (nSPS) is 29.9. The van der Waals surface area contributed by atoms with Crippen LogP contribution in [0.4, 0.5) is 0 Å².